The maximum Gasteiger partial charge on any atom is 0.194 e. The fourth-order valence-corrected chi connectivity index (χ4v) is 3.05. The molecule has 2 aromatic rings. The summed E-state index contributed by atoms with van der Waals surface area (Å²) >= 11 is 0. The Balaban J connectivity index is 0.00000280. The highest BCUT2D eigenvalue weighted by molar-refractivity contribution is 14.0. The number of anilines is 1. The zero-order chi connectivity index (χ0) is 19.4. The van der Waals surface area contributed by atoms with Crippen LogP contribution in [0.15, 0.2) is 23.2 Å². The highest BCUT2D eigenvalue weighted by Gasteiger charge is 2.22. The molecule has 1 aromatic heterocycles. The summed E-state index contributed by atoms with van der Waals surface area (Å²) in [6.45, 7) is 7.60. The fourth-order valence-electron chi connectivity index (χ4n) is 3.05. The second kappa shape index (κ2) is 9.99. The van der Waals surface area contributed by atoms with Crippen LogP contribution in [-0.4, -0.2) is 58.3 Å². The number of benzene rings is 1. The molecule has 10 heteroatoms. The Bertz CT molecular complexity index is 816. The Kier molecular flexibility index (Phi) is 7.96. The molecule has 0 bridgehead atoms. The maximum absolute atomic E-state index is 14.0. The van der Waals surface area contributed by atoms with Crippen molar-refractivity contribution in [1.29, 1.82) is 0 Å². The molecule has 2 heterocycles. The molecule has 0 saturated carbocycles. The summed E-state index contributed by atoms with van der Waals surface area (Å²) < 4.78 is 29.4. The van der Waals surface area contributed by atoms with Crippen LogP contribution in [0, 0.1) is 18.6 Å². The standard InChI is InChI=1S/C18H25F2N7.HI/c1-4-21-18(22-12-17-24-23-13(2)25(17)3)27-9-7-26(8-10-27)16-11-14(19)5-6-15(16)20;/h5-6,11H,4,7-10,12H2,1-3H3,(H,21,22);1H. The van der Waals surface area contributed by atoms with Crippen LogP contribution in [0.1, 0.15) is 18.6 Å². The van der Waals surface area contributed by atoms with E-state index in [-0.39, 0.29) is 24.0 Å². The minimum absolute atomic E-state index is 0. The molecule has 0 amide bonds. The van der Waals surface area contributed by atoms with Gasteiger partial charge >= 0.3 is 0 Å². The molecular formula is C18H26F2IN7. The van der Waals surface area contributed by atoms with Gasteiger partial charge in [0.15, 0.2) is 11.8 Å². The molecule has 0 spiro atoms. The summed E-state index contributed by atoms with van der Waals surface area (Å²) in [5.74, 6) is 1.60. The molecule has 7 nitrogen and oxygen atoms in total. The first-order valence-corrected chi connectivity index (χ1v) is 9.07. The second-order valence-corrected chi connectivity index (χ2v) is 6.46. The number of aliphatic imine (C=N–C) groups is 1. The van der Waals surface area contributed by atoms with E-state index in [1.54, 1.807) is 0 Å². The molecule has 3 rings (SSSR count). The minimum Gasteiger partial charge on any atom is -0.366 e. The molecule has 1 saturated heterocycles. The van der Waals surface area contributed by atoms with Crippen molar-refractivity contribution < 1.29 is 8.78 Å². The Morgan fingerprint density at radius 2 is 1.89 bits per heavy atom. The van der Waals surface area contributed by atoms with Gasteiger partial charge < -0.3 is 19.7 Å². The van der Waals surface area contributed by atoms with Crippen LogP contribution in [-0.2, 0) is 13.6 Å². The largest absolute Gasteiger partial charge is 0.366 e. The predicted molar refractivity (Wildman–Crippen MR) is 116 cm³/mol. The van der Waals surface area contributed by atoms with Gasteiger partial charge in [0.25, 0.3) is 0 Å². The minimum atomic E-state index is -0.428. The van der Waals surface area contributed by atoms with E-state index in [0.29, 0.717) is 38.4 Å². The third kappa shape index (κ3) is 5.09. The van der Waals surface area contributed by atoms with Crippen LogP contribution in [0.2, 0.25) is 0 Å². The third-order valence-electron chi connectivity index (χ3n) is 4.72. The van der Waals surface area contributed by atoms with Gasteiger partial charge in [0, 0.05) is 45.8 Å². The van der Waals surface area contributed by atoms with Gasteiger partial charge in [-0.2, -0.15) is 0 Å². The summed E-state index contributed by atoms with van der Waals surface area (Å²) in [5, 5.41) is 11.5. The van der Waals surface area contributed by atoms with E-state index in [2.05, 4.69) is 25.4 Å². The van der Waals surface area contributed by atoms with Crippen molar-refractivity contribution in [3.63, 3.8) is 0 Å². The van der Waals surface area contributed by atoms with Crippen molar-refractivity contribution in [2.24, 2.45) is 12.0 Å². The highest BCUT2D eigenvalue weighted by atomic mass is 127. The SMILES string of the molecule is CCNC(=NCc1nnc(C)n1C)N1CCN(c2cc(F)ccc2F)CC1.I. The number of rotatable bonds is 4. The number of aryl methyl sites for hydroxylation is 1. The number of nitrogens with zero attached hydrogens (tertiary/aromatic N) is 6. The molecule has 0 radical (unpaired) electrons. The van der Waals surface area contributed by atoms with Crippen molar-refractivity contribution in [2.75, 3.05) is 37.6 Å². The van der Waals surface area contributed by atoms with E-state index in [4.69, 9.17) is 0 Å². The number of guanidine groups is 1. The first kappa shape index (κ1) is 22.3. The van der Waals surface area contributed by atoms with Crippen molar-refractivity contribution in [3.8, 4) is 0 Å². The summed E-state index contributed by atoms with van der Waals surface area (Å²) in [5.41, 5.74) is 0.311. The molecule has 1 fully saturated rings. The van der Waals surface area contributed by atoms with Gasteiger partial charge in [0.2, 0.25) is 0 Å². The van der Waals surface area contributed by atoms with Crippen molar-refractivity contribution >= 4 is 35.6 Å². The zero-order valence-electron chi connectivity index (χ0n) is 16.3. The van der Waals surface area contributed by atoms with Crippen molar-refractivity contribution in [3.05, 3.63) is 41.5 Å². The number of hydrogen-bond acceptors (Lipinski definition) is 4. The van der Waals surface area contributed by atoms with Gasteiger partial charge in [0.1, 0.15) is 24.0 Å². The maximum atomic E-state index is 14.0. The highest BCUT2D eigenvalue weighted by Crippen LogP contribution is 2.22. The van der Waals surface area contributed by atoms with Crippen molar-refractivity contribution in [1.82, 2.24) is 25.0 Å². The van der Waals surface area contributed by atoms with Crippen LogP contribution in [0.3, 0.4) is 0 Å². The average Bonchev–Trinajstić information content (AvgIpc) is 2.99. The zero-order valence-corrected chi connectivity index (χ0v) is 18.7. The average molecular weight is 505 g/mol. The fraction of sp³-hybridized carbons (Fsp3) is 0.500. The quantitative estimate of drug-likeness (QED) is 0.393. The topological polar surface area (TPSA) is 61.6 Å². The van der Waals surface area contributed by atoms with Crippen molar-refractivity contribution in [2.45, 2.75) is 20.4 Å². The van der Waals surface area contributed by atoms with Gasteiger partial charge in [-0.05, 0) is 26.0 Å². The Morgan fingerprint density at radius 3 is 2.50 bits per heavy atom. The third-order valence-corrected chi connectivity index (χ3v) is 4.72. The van der Waals surface area contributed by atoms with E-state index in [1.807, 2.05) is 30.4 Å². The normalized spacial score (nSPS) is 14.8. The number of hydrogen-bond donors (Lipinski definition) is 1. The first-order valence-electron chi connectivity index (χ1n) is 9.07. The summed E-state index contributed by atoms with van der Waals surface area (Å²) in [4.78, 5) is 8.66. The van der Waals surface area contributed by atoms with Crippen LogP contribution in [0.4, 0.5) is 14.5 Å². The molecule has 0 atom stereocenters. The van der Waals surface area contributed by atoms with E-state index >= 15 is 0 Å². The Morgan fingerprint density at radius 1 is 1.18 bits per heavy atom. The Labute approximate surface area is 180 Å². The first-order chi connectivity index (χ1) is 13.0. The predicted octanol–water partition coefficient (Wildman–Crippen LogP) is 2.31. The van der Waals surface area contributed by atoms with Crippen LogP contribution in [0.25, 0.3) is 0 Å². The van der Waals surface area contributed by atoms with Gasteiger partial charge in [-0.25, -0.2) is 13.8 Å². The molecule has 1 aliphatic heterocycles. The lowest BCUT2D eigenvalue weighted by atomic mass is 10.2. The molecule has 0 aliphatic carbocycles. The van der Waals surface area contributed by atoms with Crippen LogP contribution < -0.4 is 10.2 Å². The summed E-state index contributed by atoms with van der Waals surface area (Å²) in [6.07, 6.45) is 0. The molecule has 154 valence electrons. The molecule has 1 aromatic carbocycles. The number of nitrogens with one attached hydrogen (secondary N) is 1. The molecule has 1 N–H and O–H groups in total. The van der Waals surface area contributed by atoms with Crippen LogP contribution >= 0.6 is 24.0 Å². The number of halogens is 3. The summed E-state index contributed by atoms with van der Waals surface area (Å²) in [7, 11) is 1.92. The monoisotopic (exact) mass is 505 g/mol. The Hall–Kier alpha value is -1.98. The molecular weight excluding hydrogens is 479 g/mol. The van der Waals surface area contributed by atoms with E-state index < -0.39 is 11.6 Å². The van der Waals surface area contributed by atoms with E-state index in [0.717, 1.165) is 30.2 Å². The number of aromatic nitrogens is 3. The lowest BCUT2D eigenvalue weighted by Gasteiger charge is -2.37. The summed E-state index contributed by atoms with van der Waals surface area (Å²) in [6, 6.07) is 3.56. The second-order valence-electron chi connectivity index (χ2n) is 6.46. The lowest BCUT2D eigenvalue weighted by Crippen LogP contribution is -2.52. The number of piperazine rings is 1. The van der Waals surface area contributed by atoms with E-state index in [9.17, 15) is 8.78 Å². The smallest absolute Gasteiger partial charge is 0.194 e. The van der Waals surface area contributed by atoms with Gasteiger partial charge in [0.05, 0.1) is 5.69 Å². The molecule has 0 unspecified atom stereocenters. The molecule has 28 heavy (non-hydrogen) atoms. The van der Waals surface area contributed by atoms with Gasteiger partial charge in [-0.15, -0.1) is 34.2 Å². The van der Waals surface area contributed by atoms with E-state index in [1.165, 1.54) is 12.1 Å². The molecule has 1 aliphatic rings. The van der Waals surface area contributed by atoms with Gasteiger partial charge in [-0.1, -0.05) is 0 Å². The van der Waals surface area contributed by atoms with Gasteiger partial charge in [-0.3, -0.25) is 0 Å². The van der Waals surface area contributed by atoms with Crippen LogP contribution in [0.5, 0.6) is 0 Å². The lowest BCUT2D eigenvalue weighted by molar-refractivity contribution is 0.370.